The maximum atomic E-state index is 12.9. The fourth-order valence-electron chi connectivity index (χ4n) is 3.24. The molecule has 0 spiro atoms. The van der Waals surface area contributed by atoms with Crippen LogP contribution in [0.25, 0.3) is 0 Å². The molecule has 0 unspecified atom stereocenters. The van der Waals surface area contributed by atoms with E-state index in [9.17, 15) is 14.2 Å². The topological polar surface area (TPSA) is 164 Å². The van der Waals surface area contributed by atoms with Crippen molar-refractivity contribution >= 4 is 47.2 Å². The first kappa shape index (κ1) is 27.8. The Morgan fingerprint density at radius 3 is 2.44 bits per heavy atom. The van der Waals surface area contributed by atoms with Crippen molar-refractivity contribution in [2.45, 2.75) is 38.8 Å². The Hall–Kier alpha value is -2.76. The summed E-state index contributed by atoms with van der Waals surface area (Å²) >= 11 is 9.39. The molecule has 36 heavy (non-hydrogen) atoms. The number of carbonyl (C=O) groups is 2. The highest BCUT2D eigenvalue weighted by Crippen LogP contribution is 2.37. The number of benzene rings is 2. The van der Waals surface area contributed by atoms with Crippen LogP contribution < -0.4 is 15.2 Å². The van der Waals surface area contributed by atoms with Crippen LogP contribution in [0.15, 0.2) is 51.5 Å². The molecule has 2 atom stereocenters. The van der Waals surface area contributed by atoms with E-state index >= 15 is 0 Å². The Kier molecular flexibility index (Phi) is 9.26. The molecule has 0 aliphatic heterocycles. The van der Waals surface area contributed by atoms with E-state index in [0.29, 0.717) is 22.8 Å². The number of phosphoric ester groups is 1. The minimum absolute atomic E-state index is 0.0283. The maximum Gasteiger partial charge on any atom is 0.524 e. The first-order valence-corrected chi connectivity index (χ1v) is 13.3. The summed E-state index contributed by atoms with van der Waals surface area (Å²) in [6, 6.07) is 9.69. The van der Waals surface area contributed by atoms with Crippen LogP contribution in [0.5, 0.6) is 5.75 Å². The van der Waals surface area contributed by atoms with Crippen molar-refractivity contribution in [3.05, 3.63) is 74.8 Å². The average Bonchev–Trinajstić information content (AvgIpc) is 3.24. The minimum atomic E-state index is -4.68. The van der Waals surface area contributed by atoms with Gasteiger partial charge in [-0.05, 0) is 58.2 Å². The van der Waals surface area contributed by atoms with Gasteiger partial charge in [-0.25, -0.2) is 4.57 Å². The molecule has 3 rings (SSSR count). The zero-order chi connectivity index (χ0) is 26.5. The molecule has 0 saturated heterocycles. The van der Waals surface area contributed by atoms with Crippen molar-refractivity contribution < 1.29 is 33.0 Å². The zero-order valence-electron chi connectivity index (χ0n) is 19.1. The van der Waals surface area contributed by atoms with E-state index in [4.69, 9.17) is 25.9 Å². The normalized spacial score (nSPS) is 13.1. The Morgan fingerprint density at radius 2 is 1.83 bits per heavy atom. The number of hydrogen-bond acceptors (Lipinski definition) is 7. The number of amides is 2. The molecule has 1 aromatic heterocycles. The molecule has 0 aliphatic carbocycles. The Morgan fingerprint density at radius 1 is 1.17 bits per heavy atom. The van der Waals surface area contributed by atoms with Crippen LogP contribution >= 0.6 is 35.4 Å². The van der Waals surface area contributed by atoms with Crippen molar-refractivity contribution in [2.24, 2.45) is 0 Å². The smallest absolute Gasteiger partial charge is 0.404 e. The summed E-state index contributed by atoms with van der Waals surface area (Å²) < 4.78 is 21.5. The summed E-state index contributed by atoms with van der Waals surface area (Å²) in [5.74, 6) is -0.282. The monoisotopic (exact) mass is 600 g/mol. The standard InChI is InChI=1S/C22H23BrClN4O7P/c1-12(22-27-20(28-34-22)11-15-5-8-18(24)17(23)9-15)25-21(30)19(26-13(2)29)10-14-3-6-16(7-4-14)35-36(31,32)33/h3-9,12,19H,10-11H2,1-2H3,(H,25,30)(H,26,29)(H2,31,32,33)/t12-,19-/m0/s1. The summed E-state index contributed by atoms with van der Waals surface area (Å²) in [5, 5.41) is 9.90. The highest BCUT2D eigenvalue weighted by atomic mass is 79.9. The lowest BCUT2D eigenvalue weighted by Crippen LogP contribution is -2.48. The largest absolute Gasteiger partial charge is 0.524 e. The molecule has 192 valence electrons. The van der Waals surface area contributed by atoms with Gasteiger partial charge in [0.05, 0.1) is 5.02 Å². The van der Waals surface area contributed by atoms with Gasteiger partial charge in [0, 0.05) is 24.2 Å². The number of aromatic nitrogens is 2. The number of carbonyl (C=O) groups excluding carboxylic acids is 2. The Balaban J connectivity index is 1.64. The van der Waals surface area contributed by atoms with Crippen molar-refractivity contribution in [2.75, 3.05) is 0 Å². The number of rotatable bonds is 10. The number of hydrogen-bond donors (Lipinski definition) is 4. The summed E-state index contributed by atoms with van der Waals surface area (Å²) in [4.78, 5) is 46.8. The van der Waals surface area contributed by atoms with Gasteiger partial charge in [0.1, 0.15) is 17.8 Å². The van der Waals surface area contributed by atoms with Crippen LogP contribution in [0, 0.1) is 0 Å². The van der Waals surface area contributed by atoms with Gasteiger partial charge in [-0.15, -0.1) is 0 Å². The zero-order valence-corrected chi connectivity index (χ0v) is 22.4. The third kappa shape index (κ3) is 8.42. The summed E-state index contributed by atoms with van der Waals surface area (Å²) in [6.45, 7) is 2.97. The molecular weight excluding hydrogens is 579 g/mol. The second-order valence-electron chi connectivity index (χ2n) is 7.89. The molecule has 0 aliphatic rings. The number of phosphoric acid groups is 1. The number of halogens is 2. The van der Waals surface area contributed by atoms with Crippen molar-refractivity contribution in [3.63, 3.8) is 0 Å². The lowest BCUT2D eigenvalue weighted by atomic mass is 10.0. The predicted octanol–water partition coefficient (Wildman–Crippen LogP) is 3.47. The Bertz CT molecular complexity index is 1280. The first-order valence-electron chi connectivity index (χ1n) is 10.6. The van der Waals surface area contributed by atoms with Gasteiger partial charge in [0.15, 0.2) is 5.82 Å². The van der Waals surface area contributed by atoms with E-state index in [-0.39, 0.29) is 18.1 Å². The van der Waals surface area contributed by atoms with Gasteiger partial charge in [-0.3, -0.25) is 19.4 Å². The average molecular weight is 602 g/mol. The van der Waals surface area contributed by atoms with Crippen molar-refractivity contribution in [1.29, 1.82) is 0 Å². The van der Waals surface area contributed by atoms with E-state index < -0.39 is 31.7 Å². The van der Waals surface area contributed by atoms with Crippen molar-refractivity contribution in [3.8, 4) is 5.75 Å². The van der Waals surface area contributed by atoms with Crippen LogP contribution in [0.3, 0.4) is 0 Å². The number of nitrogens with zero attached hydrogens (tertiary/aromatic N) is 2. The van der Waals surface area contributed by atoms with Crippen LogP contribution in [0.1, 0.15) is 42.7 Å². The molecule has 0 fully saturated rings. The van der Waals surface area contributed by atoms with E-state index in [1.807, 2.05) is 12.1 Å². The summed E-state index contributed by atoms with van der Waals surface area (Å²) in [7, 11) is -4.68. The Labute approximate surface area is 219 Å². The van der Waals surface area contributed by atoms with Crippen LogP contribution in [-0.2, 0) is 27.0 Å². The van der Waals surface area contributed by atoms with Crippen LogP contribution in [0.4, 0.5) is 0 Å². The van der Waals surface area contributed by atoms with E-state index in [0.717, 1.165) is 10.0 Å². The van der Waals surface area contributed by atoms with E-state index in [1.54, 1.807) is 13.0 Å². The molecule has 4 N–H and O–H groups in total. The van der Waals surface area contributed by atoms with Gasteiger partial charge < -0.3 is 19.7 Å². The third-order valence-electron chi connectivity index (χ3n) is 4.84. The molecule has 0 radical (unpaired) electrons. The molecule has 2 amide bonds. The number of nitrogens with one attached hydrogen (secondary N) is 2. The third-order valence-corrected chi connectivity index (χ3v) is 6.50. The highest BCUT2D eigenvalue weighted by molar-refractivity contribution is 9.10. The SMILES string of the molecule is CC(=O)N[C@@H](Cc1ccc(OP(=O)(O)O)cc1)C(=O)N[C@@H](C)c1nc(Cc2ccc(Cl)c(Br)c2)no1. The minimum Gasteiger partial charge on any atom is -0.404 e. The van der Waals surface area contributed by atoms with Crippen LogP contribution in [-0.4, -0.2) is 37.8 Å². The molecule has 14 heteroatoms. The second-order valence-corrected chi connectivity index (χ2v) is 10.3. The molecule has 2 aromatic carbocycles. The van der Waals surface area contributed by atoms with Gasteiger partial charge in [0.2, 0.25) is 17.7 Å². The van der Waals surface area contributed by atoms with E-state index in [1.165, 1.54) is 31.2 Å². The second kappa shape index (κ2) is 12.0. The van der Waals surface area contributed by atoms with Crippen LogP contribution in [0.2, 0.25) is 5.02 Å². The first-order chi connectivity index (χ1) is 16.9. The molecule has 3 aromatic rings. The predicted molar refractivity (Wildman–Crippen MR) is 133 cm³/mol. The fraction of sp³-hybridized carbons (Fsp3) is 0.273. The van der Waals surface area contributed by atoms with Gasteiger partial charge >= 0.3 is 7.82 Å². The van der Waals surface area contributed by atoms with Gasteiger partial charge in [0.25, 0.3) is 0 Å². The van der Waals surface area contributed by atoms with E-state index in [2.05, 4.69) is 41.2 Å². The lowest BCUT2D eigenvalue weighted by Gasteiger charge is -2.19. The highest BCUT2D eigenvalue weighted by Gasteiger charge is 2.24. The quantitative estimate of drug-likeness (QED) is 0.255. The molecule has 0 bridgehead atoms. The maximum absolute atomic E-state index is 12.9. The molecular formula is C22H23BrClN4O7P. The molecule has 1 heterocycles. The summed E-state index contributed by atoms with van der Waals surface area (Å²) in [6.07, 6.45) is 0.519. The van der Waals surface area contributed by atoms with Gasteiger partial charge in [-0.1, -0.05) is 35.0 Å². The van der Waals surface area contributed by atoms with Crippen molar-refractivity contribution in [1.82, 2.24) is 20.8 Å². The molecule has 0 saturated carbocycles. The summed E-state index contributed by atoms with van der Waals surface area (Å²) in [5.41, 5.74) is 1.54. The fourth-order valence-corrected chi connectivity index (χ4v) is 4.18. The van der Waals surface area contributed by atoms with Gasteiger partial charge in [-0.2, -0.15) is 4.98 Å². The lowest BCUT2D eigenvalue weighted by molar-refractivity contribution is -0.128. The molecule has 11 nitrogen and oxygen atoms in total.